The number of phenols is 3. The van der Waals surface area contributed by atoms with Gasteiger partial charge in [-0.3, -0.25) is 43.7 Å². The maximum absolute atomic E-state index is 16.2. The third kappa shape index (κ3) is 19.0. The lowest BCUT2D eigenvalue weighted by molar-refractivity contribution is -0.386. The van der Waals surface area contributed by atoms with Crippen LogP contribution in [-0.2, 0) is 65.7 Å². The van der Waals surface area contributed by atoms with Gasteiger partial charge in [0.05, 0.1) is 46.2 Å². The number of nitro benzene ring substituents is 1. The number of carboxylic acid groups (broad SMARTS) is 1. The molecular weight excluding hydrogens is 1600 g/mol. The summed E-state index contributed by atoms with van der Waals surface area (Å²) < 4.78 is 45.5. The van der Waals surface area contributed by atoms with E-state index >= 15 is 14.4 Å². The SMILES string of the molecule is CN[C@H](CC(C)C)C(=O)N[C@H]1C(=O)N[C@@H](CC(N)=O)C(=O)N[C@H]2C(=O)N[C@H]3C(=O)N[C@H](C(=O)N[C@H](C(=O)O)c4cc(O)cc(O)c4-c4cc3ccc4O)[C@H](O)c3ccc(c(Cl)c3)Oc3cc2cc(c3O[C@@H]2O[C@H](CO)[C@@H](O)[C@H](O)[C@H]2O[C@H]2C[C@](C)(NCc3cccc([N+](=O)[O-])c3OCc3ccccc3)[C@H](O)[C@H](C)O2)Oc2ccc(cc2Cl)[C@H]1O. The Balaban J connectivity index is 1.04. The summed E-state index contributed by atoms with van der Waals surface area (Å²) in [6, 6.07) is 12.0. The Hall–Kier alpha value is -11.6. The number of carbonyl (C=O) groups excluding carboxylic acids is 7. The van der Waals surface area contributed by atoms with Crippen molar-refractivity contribution in [3.05, 3.63) is 186 Å². The number of hydrogen-bond donors (Lipinski definition) is 19. The molecule has 0 aliphatic carbocycles. The molecule has 0 aromatic heterocycles. The molecule has 2 fully saturated rings. The van der Waals surface area contributed by atoms with Crippen molar-refractivity contribution in [1.82, 2.24) is 42.5 Å². The first kappa shape index (κ1) is 86.8. The van der Waals surface area contributed by atoms with Gasteiger partial charge in [-0.2, -0.15) is 0 Å². The van der Waals surface area contributed by atoms with E-state index in [2.05, 4.69) is 42.5 Å². The van der Waals surface area contributed by atoms with Gasteiger partial charge >= 0.3 is 11.7 Å². The van der Waals surface area contributed by atoms with Crippen LogP contribution >= 0.6 is 23.2 Å². The van der Waals surface area contributed by atoms with Crippen molar-refractivity contribution in [2.24, 2.45) is 11.7 Å². The van der Waals surface area contributed by atoms with E-state index < -0.39 is 247 Å². The van der Waals surface area contributed by atoms with E-state index in [9.17, 15) is 85.2 Å². The number of nitrogens with one attached hydrogen (secondary N) is 8. The summed E-state index contributed by atoms with van der Waals surface area (Å²) in [7, 11) is 1.46. The van der Waals surface area contributed by atoms with Crippen molar-refractivity contribution >= 4 is 76.2 Å². The number of rotatable bonds is 20. The number of primary amides is 1. The third-order valence-corrected chi connectivity index (χ3v) is 21.5. The summed E-state index contributed by atoms with van der Waals surface area (Å²) in [6.07, 6.45) is -19.7. The van der Waals surface area contributed by atoms with Gasteiger partial charge in [0, 0.05) is 52.9 Å². The van der Waals surface area contributed by atoms with Crippen molar-refractivity contribution in [3.63, 3.8) is 0 Å². The lowest BCUT2D eigenvalue weighted by Crippen LogP contribution is -2.65. The average Bonchev–Trinajstić information content (AvgIpc) is 0.764. The van der Waals surface area contributed by atoms with Crippen LogP contribution in [0.15, 0.2) is 127 Å². The van der Waals surface area contributed by atoms with Crippen LogP contribution in [0.1, 0.15) is 116 Å². The highest BCUT2D eigenvalue weighted by molar-refractivity contribution is 6.32. The number of nitrogens with two attached hydrogens (primary N) is 1. The molecule has 2 saturated heterocycles. The number of nitrogens with zero attached hydrogens (tertiary/aromatic N) is 1. The molecule has 11 bridgehead atoms. The van der Waals surface area contributed by atoms with Gasteiger partial charge in [-0.05, 0) is 116 Å². The maximum Gasteiger partial charge on any atom is 0.330 e. The molecule has 20 N–H and O–H groups in total. The molecular formula is C80H86Cl2N10O27. The molecule has 39 heteroatoms. The monoisotopic (exact) mass is 1690 g/mol. The van der Waals surface area contributed by atoms with Gasteiger partial charge in [0.15, 0.2) is 29.9 Å². The first-order valence-corrected chi connectivity index (χ1v) is 38.1. The highest BCUT2D eigenvalue weighted by Crippen LogP contribution is 2.50. The second-order valence-electron chi connectivity index (χ2n) is 29.8. The number of halogens is 2. The van der Waals surface area contributed by atoms with E-state index in [1.54, 1.807) is 43.3 Å². The number of para-hydroxylation sites is 1. The number of phenolic OH excluding ortho intramolecular Hbond substituents is 3. The Bertz CT molecular complexity index is 5070. The molecule has 7 heterocycles. The summed E-state index contributed by atoms with van der Waals surface area (Å²) >= 11 is 14.3. The van der Waals surface area contributed by atoms with Gasteiger partial charge < -0.3 is 132 Å². The van der Waals surface area contributed by atoms with Crippen LogP contribution in [0.4, 0.5) is 5.69 Å². The quantitative estimate of drug-likeness (QED) is 0.0384. The molecule has 0 spiro atoms. The van der Waals surface area contributed by atoms with E-state index in [-0.39, 0.29) is 65.8 Å². The minimum atomic E-state index is -2.40. The zero-order valence-electron chi connectivity index (χ0n) is 64.0. The number of carboxylic acids is 1. The highest BCUT2D eigenvalue weighted by atomic mass is 35.5. The Morgan fingerprint density at radius 2 is 1.34 bits per heavy atom. The molecule has 14 rings (SSSR count). The van der Waals surface area contributed by atoms with E-state index in [0.29, 0.717) is 11.1 Å². The van der Waals surface area contributed by atoms with Crippen LogP contribution in [0.3, 0.4) is 0 Å². The van der Waals surface area contributed by atoms with E-state index in [4.69, 9.17) is 62.1 Å². The number of likely N-dealkylation sites (N-methyl/N-ethyl adjacent to an activating group) is 1. The summed E-state index contributed by atoms with van der Waals surface area (Å²) in [6.45, 7) is 5.42. The largest absolute Gasteiger partial charge is 0.508 e. The second-order valence-corrected chi connectivity index (χ2v) is 30.6. The summed E-state index contributed by atoms with van der Waals surface area (Å²) in [5.74, 6) is -16.5. The summed E-state index contributed by atoms with van der Waals surface area (Å²) in [5, 5.41) is 149. The third-order valence-electron chi connectivity index (χ3n) is 20.9. The molecule has 7 aliphatic heterocycles. The Labute approximate surface area is 687 Å². The molecule has 0 radical (unpaired) electrons. The minimum Gasteiger partial charge on any atom is -0.508 e. The van der Waals surface area contributed by atoms with E-state index in [0.717, 1.165) is 66.7 Å². The van der Waals surface area contributed by atoms with Gasteiger partial charge in [-0.1, -0.05) is 97.7 Å². The number of hydrogen-bond acceptors (Lipinski definition) is 28. The molecule has 7 aromatic rings. The lowest BCUT2D eigenvalue weighted by Gasteiger charge is -2.48. The smallest absolute Gasteiger partial charge is 0.330 e. The van der Waals surface area contributed by atoms with Crippen molar-refractivity contribution in [2.45, 2.75) is 169 Å². The number of ether oxygens (including phenoxy) is 7. The molecule has 18 atom stereocenters. The first-order valence-electron chi connectivity index (χ1n) is 37.4. The van der Waals surface area contributed by atoms with E-state index in [1.807, 2.05) is 13.8 Å². The van der Waals surface area contributed by atoms with Gasteiger partial charge in [0.2, 0.25) is 59.1 Å². The zero-order valence-corrected chi connectivity index (χ0v) is 65.5. The summed E-state index contributed by atoms with van der Waals surface area (Å²) in [4.78, 5) is 130. The number of aliphatic hydroxyl groups excluding tert-OH is 6. The number of aliphatic carboxylic acids is 1. The second kappa shape index (κ2) is 36.3. The molecule has 7 aliphatic rings. The fraction of sp³-hybridized carbons (Fsp3) is 0.375. The molecule has 7 aromatic carbocycles. The predicted octanol–water partition coefficient (Wildman–Crippen LogP) is 3.42. The van der Waals surface area contributed by atoms with Gasteiger partial charge in [-0.15, -0.1) is 0 Å². The Kier molecular flexibility index (Phi) is 26.5. The normalized spacial score (nSPS) is 26.7. The van der Waals surface area contributed by atoms with Crippen LogP contribution in [0.2, 0.25) is 10.0 Å². The van der Waals surface area contributed by atoms with Crippen molar-refractivity contribution < 1.29 is 128 Å². The fourth-order valence-electron chi connectivity index (χ4n) is 14.7. The molecule has 7 amide bonds. The topological polar surface area (TPSA) is 569 Å². The van der Waals surface area contributed by atoms with Crippen LogP contribution < -0.4 is 67.2 Å². The standard InChI is InChI=1S/C80H86Cl2N10O27/c1-33(2)20-46(84-5)72(103)90-62-64(98)37-15-18-51(44(81)22-37)115-53-24-40-25-54(69(53)119-79-70(67(101)66(100)55(31-93)117-79)118-57-29-80(4,71(102)34(3)114-57)85-30-39-12-9-13-48(92(111)112)68(39)113-32-35-10-7-6-8-11-35)116-52-19-16-38(23-45(52)82)65(99)63-77(108)89-61(78(109)110)43-26-41(94)27-50(96)58(43)42-21-36(14-17-49(42)95)59(74(105)91-63)88-75(106)60(40)87-73(104)47(28-56(83)97)86-76(62)107/h6-19,21-27,33-34,46-47,55,57,59-67,70-71,79,84-85,93-96,98-102H,20,28-32H2,1-5H3,(H2,83,97)(H,86,107)(H,87,104)(H,88,106)(H,89,108)(H,90,103)(H,91,105)(H,109,110)/t34-,46+,47-,55+,57-,59+,60+,61-,62+,63-,64+,65+,66+,67-,70+,71+,79-,80-/m0/s1. The molecule has 632 valence electrons. The van der Waals surface area contributed by atoms with Crippen LogP contribution in [0.5, 0.6) is 51.7 Å². The minimum absolute atomic E-state index is 0.0627. The number of aromatic hydroxyl groups is 3. The maximum atomic E-state index is 16.2. The van der Waals surface area contributed by atoms with Gasteiger partial charge in [0.1, 0.15) is 96.1 Å². The van der Waals surface area contributed by atoms with Crippen molar-refractivity contribution in [3.8, 4) is 62.9 Å². The van der Waals surface area contributed by atoms with Crippen LogP contribution in [0, 0.1) is 16.0 Å². The predicted molar refractivity (Wildman–Crippen MR) is 416 cm³/mol. The van der Waals surface area contributed by atoms with Crippen molar-refractivity contribution in [1.29, 1.82) is 0 Å². The Morgan fingerprint density at radius 1 is 0.706 bits per heavy atom. The van der Waals surface area contributed by atoms with Crippen molar-refractivity contribution in [2.75, 3.05) is 13.7 Å². The van der Waals surface area contributed by atoms with Gasteiger partial charge in [-0.25, -0.2) is 4.79 Å². The van der Waals surface area contributed by atoms with Gasteiger partial charge in [0.25, 0.3) is 0 Å². The number of benzene rings is 7. The number of nitro groups is 1. The number of fused-ring (bicyclic) bond motifs is 15. The molecule has 37 nitrogen and oxygen atoms in total. The Morgan fingerprint density at radius 3 is 1.97 bits per heavy atom. The number of aliphatic hydroxyl groups is 6. The zero-order chi connectivity index (χ0) is 85.9. The first-order chi connectivity index (χ1) is 56.5. The molecule has 0 saturated carbocycles. The van der Waals surface area contributed by atoms with Crippen LogP contribution in [-0.4, -0.2) is 196 Å². The molecule has 0 unspecified atom stereocenters. The number of carbonyl (C=O) groups is 8. The fourth-order valence-corrected chi connectivity index (χ4v) is 15.1. The lowest BCUT2D eigenvalue weighted by atomic mass is 9.84. The summed E-state index contributed by atoms with van der Waals surface area (Å²) in [5.41, 5.74) is 1.93. The van der Waals surface area contributed by atoms with Crippen LogP contribution in [0.25, 0.3) is 11.1 Å². The van der Waals surface area contributed by atoms with E-state index in [1.165, 1.54) is 38.2 Å². The molecule has 119 heavy (non-hydrogen) atoms. The average molecular weight is 1690 g/mol. The highest BCUT2D eigenvalue weighted by Gasteiger charge is 2.52. The number of amides is 7.